The van der Waals surface area contributed by atoms with Crippen molar-refractivity contribution in [3.8, 4) is 0 Å². The summed E-state index contributed by atoms with van der Waals surface area (Å²) in [5.41, 5.74) is 3.89. The third-order valence-corrected chi connectivity index (χ3v) is 13.3. The van der Waals surface area contributed by atoms with E-state index in [9.17, 15) is 0 Å². The molecule has 0 spiro atoms. The van der Waals surface area contributed by atoms with Crippen LogP contribution in [0, 0.1) is 0 Å². The van der Waals surface area contributed by atoms with Crippen LogP contribution in [0.2, 0.25) is 0 Å². The zero-order valence-corrected chi connectivity index (χ0v) is 25.8. The van der Waals surface area contributed by atoms with E-state index in [1.165, 1.54) is 67.8 Å². The van der Waals surface area contributed by atoms with Crippen molar-refractivity contribution >= 4 is 29.8 Å². The fraction of sp³-hybridized carbons (Fsp3) is 0.444. The summed E-state index contributed by atoms with van der Waals surface area (Å²) in [6, 6.07) is 31.9. The van der Waals surface area contributed by atoms with Gasteiger partial charge in [-0.15, -0.1) is 6.58 Å². The molecule has 0 nitrogen and oxygen atoms in total. The van der Waals surface area contributed by atoms with Gasteiger partial charge in [-0.1, -0.05) is 144 Å². The van der Waals surface area contributed by atoms with Gasteiger partial charge in [-0.3, -0.25) is 0 Å². The molecule has 0 saturated carbocycles. The number of hydrogen-bond acceptors (Lipinski definition) is 0. The second kappa shape index (κ2) is 18.2. The third kappa shape index (κ3) is 9.27. The molecule has 0 aliphatic heterocycles. The second-order valence-electron chi connectivity index (χ2n) is 11.1. The van der Waals surface area contributed by atoms with Gasteiger partial charge in [-0.2, -0.15) is 16.4 Å². The minimum atomic E-state index is -1.13. The Morgan fingerprint density at radius 3 is 0.974 bits per heavy atom. The molecule has 3 aromatic carbocycles. The van der Waals surface area contributed by atoms with E-state index in [4.69, 9.17) is 0 Å². The van der Waals surface area contributed by atoms with Crippen LogP contribution in [0.25, 0.3) is 0 Å². The topological polar surface area (TPSA) is 0 Å². The monoisotopic (exact) mass is 528 g/mol. The van der Waals surface area contributed by atoms with Crippen LogP contribution in [0.15, 0.2) is 104 Å². The van der Waals surface area contributed by atoms with E-state index in [1.807, 2.05) is 0 Å². The van der Waals surface area contributed by atoms with Crippen molar-refractivity contribution in [2.45, 2.75) is 79.1 Å². The zero-order valence-electron chi connectivity index (χ0n) is 25.0. The van der Waals surface area contributed by atoms with Crippen LogP contribution < -0.4 is 16.4 Å². The van der Waals surface area contributed by atoms with Gasteiger partial charge in [0.25, 0.3) is 0 Å². The molecule has 38 heavy (non-hydrogen) atoms. The molecule has 0 amide bonds. The average molecular weight is 529 g/mol. The molecule has 0 heterocycles. The molecule has 3 rings (SSSR count). The van der Waals surface area contributed by atoms with E-state index in [-0.39, 0.29) is 0 Å². The molecule has 3 aromatic rings. The Bertz CT molecular complexity index is 849. The Labute approximate surface area is 236 Å². The van der Waals surface area contributed by atoms with E-state index in [0.717, 1.165) is 0 Å². The first kappa shape index (κ1) is 32.1. The van der Waals surface area contributed by atoms with Gasteiger partial charge in [0.05, 0.1) is 30.8 Å². The minimum Gasteiger partial charge on any atom is -0.239 e. The van der Waals surface area contributed by atoms with Gasteiger partial charge in [0, 0.05) is 7.26 Å². The Morgan fingerprint density at radius 2 is 0.763 bits per heavy atom. The van der Waals surface area contributed by atoms with Crippen LogP contribution in [-0.4, -0.2) is 30.8 Å². The fourth-order valence-corrected chi connectivity index (χ4v) is 11.2. The summed E-state index contributed by atoms with van der Waals surface area (Å²) in [6.07, 6.45) is 16.8. The van der Waals surface area contributed by atoms with Crippen LogP contribution in [0.5, 0.6) is 0 Å². The van der Waals surface area contributed by atoms with Gasteiger partial charge in [0.15, 0.2) is 0 Å². The second-order valence-corrected chi connectivity index (χ2v) is 15.5. The maximum absolute atomic E-state index is 4.19. The molecular formula is C36H54BP. The molecule has 0 radical (unpaired) electrons. The van der Waals surface area contributed by atoms with Gasteiger partial charge < -0.3 is 0 Å². The highest BCUT2D eigenvalue weighted by Crippen LogP contribution is 2.61. The molecule has 0 saturated heterocycles. The summed E-state index contributed by atoms with van der Waals surface area (Å²) >= 11 is 0. The molecular weight excluding hydrogens is 474 g/mol. The van der Waals surface area contributed by atoms with E-state index in [2.05, 4.69) is 131 Å². The molecule has 0 aliphatic carbocycles. The van der Waals surface area contributed by atoms with E-state index >= 15 is 0 Å². The molecule has 0 bridgehead atoms. The summed E-state index contributed by atoms with van der Waals surface area (Å²) in [5, 5.41) is 0. The summed E-state index contributed by atoms with van der Waals surface area (Å²) in [6.45, 7) is 13.6. The van der Waals surface area contributed by atoms with E-state index in [1.54, 1.807) is 24.6 Å². The molecule has 0 aliphatic rings. The van der Waals surface area contributed by atoms with Crippen molar-refractivity contribution in [1.29, 1.82) is 0 Å². The normalized spacial score (nSPS) is 11.5. The van der Waals surface area contributed by atoms with E-state index in [0.29, 0.717) is 0 Å². The number of unbranched alkanes of at least 4 members (excludes halogenated alkanes) is 4. The first-order chi connectivity index (χ1) is 18.6. The lowest BCUT2D eigenvalue weighted by molar-refractivity contribution is 0.814. The lowest BCUT2D eigenvalue weighted by Gasteiger charge is -2.40. The molecule has 0 atom stereocenters. The molecule has 0 N–H and O–H groups in total. The fourth-order valence-electron chi connectivity index (χ4n) is 5.90. The maximum atomic E-state index is 4.19. The van der Waals surface area contributed by atoms with Crippen LogP contribution in [0.4, 0.5) is 0 Å². The molecule has 0 fully saturated rings. The molecule has 206 valence electrons. The van der Waals surface area contributed by atoms with Crippen molar-refractivity contribution in [2.24, 2.45) is 0 Å². The van der Waals surface area contributed by atoms with Gasteiger partial charge >= 0.3 is 0 Å². The quantitative estimate of drug-likeness (QED) is 0.128. The predicted molar refractivity (Wildman–Crippen MR) is 180 cm³/mol. The van der Waals surface area contributed by atoms with E-state index < -0.39 is 13.4 Å². The Kier molecular flexibility index (Phi) is 15.4. The van der Waals surface area contributed by atoms with Crippen molar-refractivity contribution in [3.63, 3.8) is 0 Å². The Morgan fingerprint density at radius 1 is 0.500 bits per heavy atom. The molecule has 0 aromatic heterocycles. The first-order valence-electron chi connectivity index (χ1n) is 15.4. The summed E-state index contributed by atoms with van der Waals surface area (Å²) < 4.78 is 0. The van der Waals surface area contributed by atoms with Crippen molar-refractivity contribution in [2.75, 3.05) is 24.6 Å². The van der Waals surface area contributed by atoms with Crippen molar-refractivity contribution in [1.82, 2.24) is 0 Å². The number of benzene rings is 3. The zero-order chi connectivity index (χ0) is 27.5. The predicted octanol–water partition coefficient (Wildman–Crippen LogP) is 9.09. The molecule has 0 unspecified atom stereocenters. The maximum Gasteiger partial charge on any atom is 0.0998 e. The highest BCUT2D eigenvalue weighted by molar-refractivity contribution is 7.75. The largest absolute Gasteiger partial charge is 0.239 e. The van der Waals surface area contributed by atoms with Crippen molar-refractivity contribution in [3.05, 3.63) is 104 Å². The lowest BCUT2D eigenvalue weighted by atomic mass is 9.16. The summed E-state index contributed by atoms with van der Waals surface area (Å²) in [5.74, 6) is 2.11. The molecule has 2 heteroatoms. The Hall–Kier alpha value is -2.11. The third-order valence-electron chi connectivity index (χ3n) is 8.27. The first-order valence-corrected chi connectivity index (χ1v) is 18.0. The average Bonchev–Trinajstić information content (AvgIpc) is 2.99. The van der Waals surface area contributed by atoms with Gasteiger partial charge in [-0.05, 0) is 25.7 Å². The number of hydrogen-bond donors (Lipinski definition) is 0. The summed E-state index contributed by atoms with van der Waals surface area (Å²) in [7, 11) is -0.562. The highest BCUT2D eigenvalue weighted by atomic mass is 31.2. The smallest absolute Gasteiger partial charge is 0.0998 e. The van der Waals surface area contributed by atoms with Gasteiger partial charge in [0.2, 0.25) is 0 Å². The van der Waals surface area contributed by atoms with Gasteiger partial charge in [-0.25, -0.2) is 5.98 Å². The number of rotatable bonds is 16. The standard InChI is InChI=1S/C20H18B.C16H36P/c1-2-21(18-12-6-3-7-13-18,19-14-8-4-9-15-19)20-16-10-5-11-17-20;1-5-9-13-17(14-10-6-2,15-11-7-3)16-12-8-4/h2-17H,1H2;5-16H2,1-4H3/q-1;+1. The van der Waals surface area contributed by atoms with Crippen LogP contribution in [-0.2, 0) is 0 Å². The van der Waals surface area contributed by atoms with Crippen LogP contribution in [0.3, 0.4) is 0 Å². The Balaban J connectivity index is 0.000000275. The SMILES string of the molecule is C=C[B-](c1ccccc1)(c1ccccc1)c1ccccc1.CCCC[P+](CCCC)(CCCC)CCCC. The van der Waals surface area contributed by atoms with Crippen LogP contribution >= 0.6 is 7.26 Å². The highest BCUT2D eigenvalue weighted by Gasteiger charge is 2.34. The summed E-state index contributed by atoms with van der Waals surface area (Å²) in [4.78, 5) is 0. The minimum absolute atomic E-state index is 0.562. The van der Waals surface area contributed by atoms with Crippen LogP contribution in [0.1, 0.15) is 79.1 Å². The lowest BCUT2D eigenvalue weighted by Crippen LogP contribution is -2.65. The van der Waals surface area contributed by atoms with Crippen molar-refractivity contribution < 1.29 is 0 Å². The van der Waals surface area contributed by atoms with Gasteiger partial charge in [0.1, 0.15) is 0 Å².